The fraction of sp³-hybridized carbons (Fsp3) is 0.259. The van der Waals surface area contributed by atoms with Gasteiger partial charge >= 0.3 is 6.18 Å². The highest BCUT2D eigenvalue weighted by Crippen LogP contribution is 2.29. The average molecular weight is 482 g/mol. The molecule has 35 heavy (non-hydrogen) atoms. The summed E-state index contributed by atoms with van der Waals surface area (Å²) in [5.41, 5.74) is 1.29. The van der Waals surface area contributed by atoms with Crippen LogP contribution in [0.1, 0.15) is 33.1 Å². The lowest BCUT2D eigenvalue weighted by Crippen LogP contribution is -2.52. The maximum atomic E-state index is 13.2. The van der Waals surface area contributed by atoms with E-state index in [1.54, 1.807) is 4.90 Å². The number of benzene rings is 3. The molecule has 0 radical (unpaired) electrons. The second kappa shape index (κ2) is 10.7. The van der Waals surface area contributed by atoms with Crippen LogP contribution in [0.3, 0.4) is 0 Å². The van der Waals surface area contributed by atoms with Crippen LogP contribution in [-0.4, -0.2) is 47.8 Å². The zero-order valence-electron chi connectivity index (χ0n) is 19.0. The number of hydrogen-bond donors (Lipinski definition) is 1. The third-order valence-corrected chi connectivity index (χ3v) is 6.10. The molecule has 0 aromatic heterocycles. The summed E-state index contributed by atoms with van der Waals surface area (Å²) in [5.74, 6) is -0.439. The highest BCUT2D eigenvalue weighted by atomic mass is 19.4. The monoisotopic (exact) mass is 481 g/mol. The summed E-state index contributed by atoms with van der Waals surface area (Å²) in [6.07, 6.45) is -4.44. The van der Waals surface area contributed by atoms with E-state index in [0.717, 1.165) is 23.3 Å². The molecule has 4 rings (SSSR count). The second-order valence-corrected chi connectivity index (χ2v) is 8.42. The molecule has 1 aliphatic rings. The first-order valence-electron chi connectivity index (χ1n) is 11.4. The van der Waals surface area contributed by atoms with E-state index in [1.165, 1.54) is 12.1 Å². The van der Waals surface area contributed by atoms with Crippen LogP contribution in [0.2, 0.25) is 0 Å². The number of amides is 2. The lowest BCUT2D eigenvalue weighted by Gasteiger charge is -2.38. The van der Waals surface area contributed by atoms with Crippen LogP contribution in [0, 0.1) is 0 Å². The normalized spacial score (nSPS) is 15.5. The molecule has 0 aliphatic carbocycles. The number of halogens is 3. The first kappa shape index (κ1) is 24.5. The number of carbonyl (C=O) groups is 2. The van der Waals surface area contributed by atoms with E-state index in [-0.39, 0.29) is 17.4 Å². The topological polar surface area (TPSA) is 52.7 Å². The Morgan fingerprint density at radius 1 is 0.800 bits per heavy atom. The maximum Gasteiger partial charge on any atom is 0.416 e. The minimum Gasteiger partial charge on any atom is -0.350 e. The lowest BCUT2D eigenvalue weighted by molar-refractivity contribution is -0.137. The molecule has 1 N–H and O–H groups in total. The number of piperazine rings is 1. The summed E-state index contributed by atoms with van der Waals surface area (Å²) >= 11 is 0. The van der Waals surface area contributed by atoms with Gasteiger partial charge in [0.25, 0.3) is 5.91 Å². The molecule has 1 aliphatic heterocycles. The van der Waals surface area contributed by atoms with Crippen LogP contribution in [0.5, 0.6) is 0 Å². The fourth-order valence-electron chi connectivity index (χ4n) is 4.21. The van der Waals surface area contributed by atoms with Crippen LogP contribution in [0.25, 0.3) is 0 Å². The highest BCUT2D eigenvalue weighted by molar-refractivity contribution is 5.94. The molecule has 182 valence electrons. The molecule has 0 bridgehead atoms. The molecule has 5 nitrogen and oxygen atoms in total. The van der Waals surface area contributed by atoms with Crippen molar-refractivity contribution in [1.29, 1.82) is 0 Å². The van der Waals surface area contributed by atoms with Gasteiger partial charge in [-0.05, 0) is 35.4 Å². The van der Waals surface area contributed by atoms with E-state index in [4.69, 9.17) is 0 Å². The number of carbonyl (C=O) groups excluding carboxylic acids is 2. The van der Waals surface area contributed by atoms with Gasteiger partial charge in [0.2, 0.25) is 5.91 Å². The summed E-state index contributed by atoms with van der Waals surface area (Å²) < 4.78 is 38.5. The largest absolute Gasteiger partial charge is 0.416 e. The van der Waals surface area contributed by atoms with Crippen LogP contribution in [0.15, 0.2) is 84.9 Å². The molecule has 8 heteroatoms. The van der Waals surface area contributed by atoms with E-state index in [9.17, 15) is 22.8 Å². The van der Waals surface area contributed by atoms with Crippen molar-refractivity contribution >= 4 is 11.8 Å². The van der Waals surface area contributed by atoms with Gasteiger partial charge in [0, 0.05) is 38.3 Å². The van der Waals surface area contributed by atoms with Crippen LogP contribution in [-0.2, 0) is 17.5 Å². The Morgan fingerprint density at radius 3 is 1.94 bits per heavy atom. The van der Waals surface area contributed by atoms with Crippen molar-refractivity contribution in [2.75, 3.05) is 26.2 Å². The number of hydrogen-bond acceptors (Lipinski definition) is 3. The maximum absolute atomic E-state index is 13.2. The molecule has 0 unspecified atom stereocenters. The second-order valence-electron chi connectivity index (χ2n) is 8.42. The van der Waals surface area contributed by atoms with Crippen LogP contribution in [0.4, 0.5) is 13.2 Å². The summed E-state index contributed by atoms with van der Waals surface area (Å²) in [7, 11) is 0. The van der Waals surface area contributed by atoms with Crippen molar-refractivity contribution in [2.45, 2.75) is 18.8 Å². The van der Waals surface area contributed by atoms with Gasteiger partial charge < -0.3 is 10.2 Å². The third-order valence-electron chi connectivity index (χ3n) is 6.10. The Balaban J connectivity index is 1.42. The van der Waals surface area contributed by atoms with Gasteiger partial charge in [-0.25, -0.2) is 0 Å². The number of rotatable bonds is 6. The van der Waals surface area contributed by atoms with Crippen molar-refractivity contribution in [3.05, 3.63) is 107 Å². The van der Waals surface area contributed by atoms with Gasteiger partial charge in [0.05, 0.1) is 5.56 Å². The molecular formula is C27H26F3N3O2. The van der Waals surface area contributed by atoms with Gasteiger partial charge in [-0.15, -0.1) is 0 Å². The smallest absolute Gasteiger partial charge is 0.350 e. The molecule has 3 aromatic rings. The Kier molecular flexibility index (Phi) is 7.51. The molecule has 2 amide bonds. The van der Waals surface area contributed by atoms with Gasteiger partial charge in [-0.3, -0.25) is 14.5 Å². The zero-order valence-corrected chi connectivity index (χ0v) is 19.0. The number of nitrogens with one attached hydrogen (secondary N) is 1. The minimum atomic E-state index is -4.44. The standard InChI is InChI=1S/C27H26F3N3O2/c28-27(29,30)23-13-11-22(12-14-23)26(35)33-17-15-32(16-18-33)24(21-9-5-2-6-10-21)25(34)31-19-20-7-3-1-4-8-20/h1-14,24H,15-19H2,(H,31,34)/t24-/m0/s1. The van der Waals surface area contributed by atoms with Crippen molar-refractivity contribution in [3.63, 3.8) is 0 Å². The Hall–Kier alpha value is -3.65. The van der Waals surface area contributed by atoms with Crippen molar-refractivity contribution < 1.29 is 22.8 Å². The summed E-state index contributed by atoms with van der Waals surface area (Å²) in [6, 6.07) is 22.9. The lowest BCUT2D eigenvalue weighted by atomic mass is 10.0. The summed E-state index contributed by atoms with van der Waals surface area (Å²) in [5, 5.41) is 3.02. The zero-order chi connectivity index (χ0) is 24.8. The Bertz CT molecular complexity index is 1130. The SMILES string of the molecule is O=C(NCc1ccccc1)[C@H](c1ccccc1)N1CCN(C(=O)c2ccc(C(F)(F)F)cc2)CC1. The average Bonchev–Trinajstić information content (AvgIpc) is 2.88. The fourth-order valence-corrected chi connectivity index (χ4v) is 4.21. The molecule has 0 spiro atoms. The quantitative estimate of drug-likeness (QED) is 0.563. The highest BCUT2D eigenvalue weighted by Gasteiger charge is 2.33. The molecule has 1 fully saturated rings. The van der Waals surface area contributed by atoms with Crippen molar-refractivity contribution in [2.24, 2.45) is 0 Å². The first-order valence-corrected chi connectivity index (χ1v) is 11.4. The van der Waals surface area contributed by atoms with Gasteiger partial charge in [-0.1, -0.05) is 60.7 Å². The summed E-state index contributed by atoms with van der Waals surface area (Å²) in [6.45, 7) is 2.08. The van der Waals surface area contributed by atoms with E-state index >= 15 is 0 Å². The van der Waals surface area contributed by atoms with Gasteiger partial charge in [0.15, 0.2) is 0 Å². The predicted octanol–water partition coefficient (Wildman–Crippen LogP) is 4.52. The molecule has 3 aromatic carbocycles. The van der Waals surface area contributed by atoms with E-state index < -0.39 is 17.8 Å². The first-order chi connectivity index (χ1) is 16.8. The van der Waals surface area contributed by atoms with Crippen LogP contribution < -0.4 is 5.32 Å². The molecular weight excluding hydrogens is 455 g/mol. The van der Waals surface area contributed by atoms with Crippen molar-refractivity contribution in [3.8, 4) is 0 Å². The number of nitrogens with zero attached hydrogens (tertiary/aromatic N) is 2. The molecule has 1 atom stereocenters. The number of alkyl halides is 3. The van der Waals surface area contributed by atoms with Gasteiger partial charge in [-0.2, -0.15) is 13.2 Å². The predicted molar refractivity (Wildman–Crippen MR) is 126 cm³/mol. The molecule has 0 saturated carbocycles. The van der Waals surface area contributed by atoms with E-state index in [1.807, 2.05) is 65.6 Å². The van der Waals surface area contributed by atoms with Crippen molar-refractivity contribution in [1.82, 2.24) is 15.1 Å². The van der Waals surface area contributed by atoms with E-state index in [2.05, 4.69) is 5.32 Å². The summed E-state index contributed by atoms with van der Waals surface area (Å²) in [4.78, 5) is 29.7. The van der Waals surface area contributed by atoms with Gasteiger partial charge in [0.1, 0.15) is 6.04 Å². The Labute approximate surface area is 202 Å². The van der Waals surface area contributed by atoms with Crippen LogP contribution >= 0.6 is 0 Å². The third kappa shape index (κ3) is 6.08. The molecule has 1 saturated heterocycles. The van der Waals surface area contributed by atoms with E-state index in [0.29, 0.717) is 32.7 Å². The minimum absolute atomic E-state index is 0.123. The Morgan fingerprint density at radius 2 is 1.37 bits per heavy atom. The molecule has 1 heterocycles.